The Kier molecular flexibility index (Phi) is 6.68. The number of hydrogen-bond donors (Lipinski definition) is 2. The topological polar surface area (TPSA) is 46.2 Å². The van der Waals surface area contributed by atoms with Gasteiger partial charge in [0, 0.05) is 5.54 Å². The molecule has 58 valence electrons. The van der Waals surface area contributed by atoms with E-state index in [1.165, 1.54) is 0 Å². The van der Waals surface area contributed by atoms with E-state index in [4.69, 9.17) is 10.8 Å². The van der Waals surface area contributed by atoms with Crippen LogP contribution in [0.4, 0.5) is 0 Å². The van der Waals surface area contributed by atoms with Gasteiger partial charge in [0.1, 0.15) is 0 Å². The van der Waals surface area contributed by atoms with Gasteiger partial charge in [-0.2, -0.15) is 0 Å². The van der Waals surface area contributed by atoms with Gasteiger partial charge in [0.15, 0.2) is 0 Å². The van der Waals surface area contributed by atoms with Crippen molar-refractivity contribution in [2.75, 3.05) is 6.61 Å². The molecule has 1 atom stereocenters. The molecule has 0 amide bonds. The summed E-state index contributed by atoms with van der Waals surface area (Å²) >= 11 is 0. The summed E-state index contributed by atoms with van der Waals surface area (Å²) in [5, 5.41) is 8.60. The van der Waals surface area contributed by atoms with E-state index in [1.54, 1.807) is 0 Å². The predicted octanol–water partition coefficient (Wildman–Crippen LogP) is 0.918. The van der Waals surface area contributed by atoms with Gasteiger partial charge in [-0.1, -0.05) is 13.3 Å². The Bertz CT molecular complexity index is 66.1. The molecule has 0 spiro atoms. The van der Waals surface area contributed by atoms with Crippen molar-refractivity contribution in [2.24, 2.45) is 5.73 Å². The van der Waals surface area contributed by atoms with Gasteiger partial charge >= 0.3 is 0 Å². The summed E-state index contributed by atoms with van der Waals surface area (Å²) in [6.45, 7) is 4.00. The van der Waals surface area contributed by atoms with Crippen LogP contribution in [-0.4, -0.2) is 17.3 Å². The van der Waals surface area contributed by atoms with Crippen molar-refractivity contribution in [1.82, 2.24) is 0 Å². The molecule has 0 saturated carbocycles. The molecule has 0 heterocycles. The van der Waals surface area contributed by atoms with Crippen molar-refractivity contribution in [3.8, 4) is 0 Å². The van der Waals surface area contributed by atoms with E-state index in [9.17, 15) is 0 Å². The molecular formula is C6H16ClNO. The molecule has 0 aromatic heterocycles. The molecule has 0 aromatic rings. The molecule has 0 unspecified atom stereocenters. The van der Waals surface area contributed by atoms with Crippen LogP contribution in [0.1, 0.15) is 26.7 Å². The first-order valence-corrected chi connectivity index (χ1v) is 3.02. The quantitative estimate of drug-likeness (QED) is 0.634. The molecule has 3 heteroatoms. The monoisotopic (exact) mass is 153 g/mol. The minimum Gasteiger partial charge on any atom is -0.394 e. The summed E-state index contributed by atoms with van der Waals surface area (Å²) in [6.07, 6.45) is 1.93. The number of aliphatic hydroxyl groups excluding tert-OH is 1. The lowest BCUT2D eigenvalue weighted by Crippen LogP contribution is -2.39. The third-order valence-corrected chi connectivity index (χ3v) is 1.18. The van der Waals surface area contributed by atoms with Crippen molar-refractivity contribution < 1.29 is 5.11 Å². The molecule has 0 aliphatic carbocycles. The van der Waals surface area contributed by atoms with Crippen LogP contribution < -0.4 is 5.73 Å². The van der Waals surface area contributed by atoms with E-state index in [0.29, 0.717) is 0 Å². The number of hydrogen-bond acceptors (Lipinski definition) is 2. The van der Waals surface area contributed by atoms with Crippen molar-refractivity contribution in [2.45, 2.75) is 32.2 Å². The van der Waals surface area contributed by atoms with Crippen molar-refractivity contribution in [3.63, 3.8) is 0 Å². The third-order valence-electron chi connectivity index (χ3n) is 1.18. The van der Waals surface area contributed by atoms with Gasteiger partial charge in [-0.15, -0.1) is 12.4 Å². The van der Waals surface area contributed by atoms with Gasteiger partial charge < -0.3 is 10.8 Å². The molecule has 0 fully saturated rings. The normalized spacial score (nSPS) is 16.0. The van der Waals surface area contributed by atoms with Gasteiger partial charge in [0.25, 0.3) is 0 Å². The Morgan fingerprint density at radius 3 is 2.11 bits per heavy atom. The number of aliphatic hydroxyl groups is 1. The first-order valence-electron chi connectivity index (χ1n) is 3.02. The van der Waals surface area contributed by atoms with Crippen molar-refractivity contribution >= 4 is 12.4 Å². The second-order valence-corrected chi connectivity index (χ2v) is 2.56. The van der Waals surface area contributed by atoms with Crippen LogP contribution >= 0.6 is 12.4 Å². The van der Waals surface area contributed by atoms with E-state index in [1.807, 2.05) is 6.92 Å². The van der Waals surface area contributed by atoms with Crippen LogP contribution in [0.2, 0.25) is 0 Å². The second kappa shape index (κ2) is 5.03. The molecule has 0 rings (SSSR count). The summed E-state index contributed by atoms with van der Waals surface area (Å²) in [5.74, 6) is 0. The second-order valence-electron chi connectivity index (χ2n) is 2.56. The summed E-state index contributed by atoms with van der Waals surface area (Å²) in [7, 11) is 0. The van der Waals surface area contributed by atoms with E-state index in [-0.39, 0.29) is 24.6 Å². The lowest BCUT2D eigenvalue weighted by molar-refractivity contribution is 0.199. The molecule has 2 nitrogen and oxygen atoms in total. The average molecular weight is 154 g/mol. The smallest absolute Gasteiger partial charge is 0.0608 e. The van der Waals surface area contributed by atoms with E-state index in [2.05, 4.69) is 6.92 Å². The summed E-state index contributed by atoms with van der Waals surface area (Å²) in [4.78, 5) is 0. The highest BCUT2D eigenvalue weighted by molar-refractivity contribution is 5.85. The maximum Gasteiger partial charge on any atom is 0.0608 e. The fourth-order valence-electron chi connectivity index (χ4n) is 0.650. The minimum atomic E-state index is -0.352. The molecule has 0 aliphatic rings. The van der Waals surface area contributed by atoms with Crippen molar-refractivity contribution in [3.05, 3.63) is 0 Å². The number of nitrogens with two attached hydrogens (primary N) is 1. The Morgan fingerprint density at radius 1 is 1.56 bits per heavy atom. The van der Waals surface area contributed by atoms with Gasteiger partial charge in [-0.3, -0.25) is 0 Å². The number of halogens is 1. The van der Waals surface area contributed by atoms with Crippen molar-refractivity contribution in [1.29, 1.82) is 0 Å². The highest BCUT2D eigenvalue weighted by Gasteiger charge is 2.13. The van der Waals surface area contributed by atoms with Crippen LogP contribution in [-0.2, 0) is 0 Å². The first kappa shape index (κ1) is 11.9. The average Bonchev–Trinajstić information content (AvgIpc) is 1.67. The van der Waals surface area contributed by atoms with Gasteiger partial charge in [-0.25, -0.2) is 0 Å². The maximum atomic E-state index is 8.60. The molecule has 0 saturated heterocycles. The predicted molar refractivity (Wildman–Crippen MR) is 41.8 cm³/mol. The van der Waals surface area contributed by atoms with E-state index < -0.39 is 0 Å². The van der Waals surface area contributed by atoms with Crippen LogP contribution in [0.25, 0.3) is 0 Å². The highest BCUT2D eigenvalue weighted by Crippen LogP contribution is 2.05. The molecule has 0 bridgehead atoms. The van der Waals surface area contributed by atoms with Gasteiger partial charge in [-0.05, 0) is 13.3 Å². The molecular weight excluding hydrogens is 138 g/mol. The largest absolute Gasteiger partial charge is 0.394 e. The SMILES string of the molecule is CCC[C@](C)(N)CO.Cl. The Balaban J connectivity index is 0. The minimum absolute atomic E-state index is 0. The lowest BCUT2D eigenvalue weighted by Gasteiger charge is -2.19. The Hall–Kier alpha value is 0.210. The zero-order chi connectivity index (χ0) is 6.62. The molecule has 9 heavy (non-hydrogen) atoms. The maximum absolute atomic E-state index is 8.60. The van der Waals surface area contributed by atoms with Crippen LogP contribution in [0.3, 0.4) is 0 Å². The summed E-state index contributed by atoms with van der Waals surface area (Å²) < 4.78 is 0. The summed E-state index contributed by atoms with van der Waals surface area (Å²) in [5.41, 5.74) is 5.22. The lowest BCUT2D eigenvalue weighted by atomic mass is 9.99. The molecule has 0 aliphatic heterocycles. The third kappa shape index (κ3) is 6.09. The van der Waals surface area contributed by atoms with Crippen LogP contribution in [0.15, 0.2) is 0 Å². The van der Waals surface area contributed by atoms with Crippen LogP contribution in [0, 0.1) is 0 Å². The Labute approximate surface area is 62.9 Å². The Morgan fingerprint density at radius 2 is 2.00 bits per heavy atom. The highest BCUT2D eigenvalue weighted by atomic mass is 35.5. The van der Waals surface area contributed by atoms with Gasteiger partial charge in [0.2, 0.25) is 0 Å². The van der Waals surface area contributed by atoms with E-state index in [0.717, 1.165) is 12.8 Å². The first-order chi connectivity index (χ1) is 3.62. The molecule has 0 radical (unpaired) electrons. The zero-order valence-electron chi connectivity index (χ0n) is 6.05. The standard InChI is InChI=1S/C6H15NO.ClH/c1-3-4-6(2,7)5-8;/h8H,3-5,7H2,1-2H3;1H/t6-;/m0./s1. The number of rotatable bonds is 3. The summed E-state index contributed by atoms with van der Waals surface area (Å²) in [6, 6.07) is 0. The fourth-order valence-corrected chi connectivity index (χ4v) is 0.650. The fraction of sp³-hybridized carbons (Fsp3) is 1.00. The van der Waals surface area contributed by atoms with Gasteiger partial charge in [0.05, 0.1) is 6.61 Å². The van der Waals surface area contributed by atoms with E-state index >= 15 is 0 Å². The molecule has 3 N–H and O–H groups in total. The van der Waals surface area contributed by atoms with Crippen LogP contribution in [0.5, 0.6) is 0 Å². The zero-order valence-corrected chi connectivity index (χ0v) is 6.87. The molecule has 0 aromatic carbocycles.